The number of carbonyl (C=O) groups excluding carboxylic acids is 4. The fourth-order valence-corrected chi connectivity index (χ4v) is 10.7. The first-order valence-electron chi connectivity index (χ1n) is 21.0. The van der Waals surface area contributed by atoms with Gasteiger partial charge in [-0.2, -0.15) is 23.5 Å². The maximum Gasteiger partial charge on any atom is 0.417 e. The smallest absolute Gasteiger partial charge is 0.331 e. The number of hydrogen-bond acceptors (Lipinski definition) is 9. The summed E-state index contributed by atoms with van der Waals surface area (Å²) >= 11 is 5.78. The predicted molar refractivity (Wildman–Crippen MR) is 224 cm³/mol. The number of alkyl halides is 3. The summed E-state index contributed by atoms with van der Waals surface area (Å²) in [4.78, 5) is 59.6. The van der Waals surface area contributed by atoms with Gasteiger partial charge in [-0.3, -0.25) is 39.0 Å². The van der Waals surface area contributed by atoms with Crippen LogP contribution in [0.2, 0.25) is 0 Å². The molecular weight excluding hydrogens is 794 g/mol. The van der Waals surface area contributed by atoms with Gasteiger partial charge in [0.1, 0.15) is 5.54 Å². The van der Waals surface area contributed by atoms with Crippen LogP contribution in [0.5, 0.6) is 0 Å². The quantitative estimate of drug-likeness (QED) is 0.175. The largest absolute Gasteiger partial charge is 0.417 e. The van der Waals surface area contributed by atoms with Gasteiger partial charge in [0, 0.05) is 56.5 Å². The maximum absolute atomic E-state index is 13.8. The van der Waals surface area contributed by atoms with Crippen LogP contribution in [0.3, 0.4) is 0 Å². The van der Waals surface area contributed by atoms with Crippen LogP contribution in [0.25, 0.3) is 10.9 Å². The van der Waals surface area contributed by atoms with Crippen molar-refractivity contribution in [1.82, 2.24) is 29.8 Å². The van der Waals surface area contributed by atoms with Crippen LogP contribution in [0.4, 0.5) is 18.9 Å². The molecule has 4 aliphatic rings. The van der Waals surface area contributed by atoms with Crippen molar-refractivity contribution in [3.8, 4) is 6.07 Å². The van der Waals surface area contributed by atoms with E-state index in [0.29, 0.717) is 24.6 Å². The van der Waals surface area contributed by atoms with E-state index in [2.05, 4.69) is 34.1 Å². The van der Waals surface area contributed by atoms with E-state index < -0.39 is 28.8 Å². The summed E-state index contributed by atoms with van der Waals surface area (Å²) in [6.45, 7) is 10.9. The van der Waals surface area contributed by atoms with Gasteiger partial charge >= 0.3 is 6.18 Å². The number of nitrogens with one attached hydrogen (secondary N) is 1. The number of aryl methyl sites for hydroxylation is 1. The third-order valence-corrected chi connectivity index (χ3v) is 13.5. The van der Waals surface area contributed by atoms with Crippen molar-refractivity contribution in [1.29, 1.82) is 5.26 Å². The summed E-state index contributed by atoms with van der Waals surface area (Å²) in [7, 11) is 1.82. The van der Waals surface area contributed by atoms with Gasteiger partial charge in [-0.15, -0.1) is 0 Å². The molecule has 12 nitrogen and oxygen atoms in total. The number of ketones is 1. The number of halogens is 3. The van der Waals surface area contributed by atoms with E-state index in [9.17, 15) is 37.6 Å². The fourth-order valence-electron chi connectivity index (χ4n) is 10.2. The zero-order valence-corrected chi connectivity index (χ0v) is 35.7. The molecule has 0 bridgehead atoms. The first-order chi connectivity index (χ1) is 28.4. The number of amides is 3. The van der Waals surface area contributed by atoms with E-state index in [4.69, 9.17) is 12.2 Å². The van der Waals surface area contributed by atoms with Crippen LogP contribution in [-0.2, 0) is 38.8 Å². The second-order valence-corrected chi connectivity index (χ2v) is 18.0. The van der Waals surface area contributed by atoms with Gasteiger partial charge in [0.25, 0.3) is 5.91 Å². The minimum atomic E-state index is -4.75. The number of hydrogen-bond donors (Lipinski definition) is 1. The number of nitriles is 1. The van der Waals surface area contributed by atoms with Crippen LogP contribution < -0.4 is 10.2 Å². The molecule has 4 heterocycles. The fraction of sp³-hybridized carbons (Fsp3) is 0.568. The second kappa shape index (κ2) is 17.0. The van der Waals surface area contributed by atoms with Crippen molar-refractivity contribution in [3.05, 3.63) is 58.8 Å². The molecule has 0 spiro atoms. The Morgan fingerprint density at radius 1 is 1.03 bits per heavy atom. The molecule has 0 radical (unpaired) electrons. The van der Waals surface area contributed by atoms with Crippen LogP contribution in [0.15, 0.2) is 36.4 Å². The minimum absolute atomic E-state index is 0.0111. The lowest BCUT2D eigenvalue weighted by Gasteiger charge is -2.44. The van der Waals surface area contributed by atoms with Crippen molar-refractivity contribution in [2.75, 3.05) is 31.1 Å². The predicted octanol–water partition coefficient (Wildman–Crippen LogP) is 6.24. The second-order valence-electron chi connectivity index (χ2n) is 17.7. The Bertz CT molecular complexity index is 2230. The SMILES string of the molecule is C[C@@H]1CN(CCCC2CCC(N3C(=S)N(c4ccc(C#N)c(C(F)(F)F)c4)C(=O)C3(C)C)CC2)C[C@H](C)N1CC(=O)Cc1cccc2c(C3CCC(=O)NC3=O)nn(C)c12. The van der Waals surface area contributed by atoms with Crippen LogP contribution in [0, 0.1) is 17.2 Å². The lowest BCUT2D eigenvalue weighted by molar-refractivity contribution is -0.138. The Morgan fingerprint density at radius 2 is 1.73 bits per heavy atom. The highest BCUT2D eigenvalue weighted by Gasteiger charge is 2.52. The Balaban J connectivity index is 0.884. The molecule has 3 atom stereocenters. The van der Waals surface area contributed by atoms with Crippen molar-refractivity contribution < 1.29 is 32.3 Å². The molecule has 1 unspecified atom stereocenters. The number of thiocarbonyl (C=S) groups is 1. The number of piperidine rings is 1. The van der Waals surface area contributed by atoms with Gasteiger partial charge in [0.2, 0.25) is 11.8 Å². The third-order valence-electron chi connectivity index (χ3n) is 13.2. The van der Waals surface area contributed by atoms with Gasteiger partial charge in [0.05, 0.1) is 46.6 Å². The van der Waals surface area contributed by atoms with Gasteiger partial charge in [-0.1, -0.05) is 18.2 Å². The first-order valence-corrected chi connectivity index (χ1v) is 21.4. The lowest BCUT2D eigenvalue weighted by atomic mass is 9.82. The maximum atomic E-state index is 13.8. The van der Waals surface area contributed by atoms with Crippen molar-refractivity contribution in [2.45, 2.75) is 121 Å². The van der Waals surface area contributed by atoms with Gasteiger partial charge in [0.15, 0.2) is 10.9 Å². The van der Waals surface area contributed by atoms with Gasteiger partial charge in [-0.05, 0) is 121 Å². The number of Topliss-reactive ketones (excluding diaryl/α,β-unsaturated/α-hetero) is 1. The average Bonchev–Trinajstić information content (AvgIpc) is 3.61. The number of imide groups is 1. The van der Waals surface area contributed by atoms with Crippen molar-refractivity contribution in [2.24, 2.45) is 13.0 Å². The third kappa shape index (κ3) is 8.45. The standard InChI is InChI=1S/C44H53F3N8O4S/c1-26-23-52(24-27(2)53(26)25-33(56)20-29-9-6-10-34-38(50-51(5)39(29)34)35-17-18-37(57)49-40(35)58)19-7-8-28-11-14-31(15-12-28)55-42(60)54(41(59)43(55,3)4)32-16-13-30(22-48)36(21-32)44(45,46)47/h6,9-10,13,16,21,26-28,31,35H,7-8,11-12,14-15,17-20,23-25H2,1-5H3,(H,49,57,58)/t26-,27+,28?,31?,35?. The molecule has 1 aromatic heterocycles. The molecule has 3 aromatic rings. The van der Waals surface area contributed by atoms with Crippen LogP contribution in [-0.4, -0.2) is 103 Å². The van der Waals surface area contributed by atoms with Crippen LogP contribution in [0.1, 0.15) is 107 Å². The highest BCUT2D eigenvalue weighted by Crippen LogP contribution is 2.42. The molecule has 4 fully saturated rings. The molecule has 3 saturated heterocycles. The van der Waals surface area contributed by atoms with Crippen molar-refractivity contribution >= 4 is 57.4 Å². The normalized spacial score (nSPS) is 25.6. The summed E-state index contributed by atoms with van der Waals surface area (Å²) in [6, 6.07) is 11.0. The Labute approximate surface area is 354 Å². The molecule has 7 rings (SSSR count). The van der Waals surface area contributed by atoms with E-state index in [1.165, 1.54) is 11.0 Å². The van der Waals surface area contributed by atoms with Crippen molar-refractivity contribution in [3.63, 3.8) is 0 Å². The molecule has 320 valence electrons. The highest BCUT2D eigenvalue weighted by molar-refractivity contribution is 7.80. The Kier molecular flexibility index (Phi) is 12.3. The molecule has 1 aliphatic carbocycles. The number of carbonyl (C=O) groups is 4. The Hall–Kier alpha value is -4.72. The average molecular weight is 847 g/mol. The molecule has 1 N–H and O–H groups in total. The zero-order valence-electron chi connectivity index (χ0n) is 34.8. The minimum Gasteiger partial charge on any atom is -0.331 e. The monoisotopic (exact) mass is 846 g/mol. The molecule has 3 amide bonds. The van der Waals surface area contributed by atoms with E-state index in [1.54, 1.807) is 24.6 Å². The highest BCUT2D eigenvalue weighted by atomic mass is 32.1. The molecule has 3 aliphatic heterocycles. The number of fused-ring (bicyclic) bond motifs is 1. The summed E-state index contributed by atoms with van der Waals surface area (Å²) in [6.07, 6.45) is 1.89. The molecule has 1 saturated carbocycles. The van der Waals surface area contributed by atoms with E-state index in [0.717, 1.165) is 86.8 Å². The number of piperazine rings is 1. The molecular formula is C44H53F3N8O4S. The molecule has 16 heteroatoms. The van der Waals surface area contributed by atoms with Gasteiger partial charge in [-0.25, -0.2) is 0 Å². The number of benzene rings is 2. The number of anilines is 1. The summed E-state index contributed by atoms with van der Waals surface area (Å²) in [5.74, 6) is -0.851. The first kappa shape index (κ1) is 43.4. The number of rotatable bonds is 11. The van der Waals surface area contributed by atoms with E-state index in [1.807, 2.05) is 30.1 Å². The lowest BCUT2D eigenvalue weighted by Crippen LogP contribution is -2.58. The van der Waals surface area contributed by atoms with Gasteiger partial charge < -0.3 is 9.80 Å². The molecule has 2 aromatic carbocycles. The summed E-state index contributed by atoms with van der Waals surface area (Å²) < 4.78 is 43.1. The number of aromatic nitrogens is 2. The van der Waals surface area contributed by atoms with E-state index in [-0.39, 0.29) is 65.3 Å². The topological polar surface area (TPSA) is 135 Å². The zero-order chi connectivity index (χ0) is 43.3. The summed E-state index contributed by atoms with van der Waals surface area (Å²) in [5.41, 5.74) is -0.276. The van der Waals surface area contributed by atoms with E-state index >= 15 is 0 Å². The Morgan fingerprint density at radius 3 is 2.38 bits per heavy atom. The molecule has 60 heavy (non-hydrogen) atoms. The summed E-state index contributed by atoms with van der Waals surface area (Å²) in [5, 5.41) is 17.4. The number of para-hydroxylation sites is 1. The number of nitrogens with zero attached hydrogens (tertiary/aromatic N) is 7. The van der Waals surface area contributed by atoms with Crippen LogP contribution >= 0.6 is 12.2 Å².